The van der Waals surface area contributed by atoms with E-state index in [0.717, 1.165) is 25.4 Å². The van der Waals surface area contributed by atoms with Crippen LogP contribution in [0.15, 0.2) is 12.5 Å². The summed E-state index contributed by atoms with van der Waals surface area (Å²) >= 11 is 0. The van der Waals surface area contributed by atoms with Crippen molar-refractivity contribution in [3.8, 4) is 0 Å². The Morgan fingerprint density at radius 3 is 2.76 bits per heavy atom. The Balaban J connectivity index is 1.40. The van der Waals surface area contributed by atoms with E-state index in [1.807, 2.05) is 11.2 Å². The quantitative estimate of drug-likeness (QED) is 0.740. The Bertz CT molecular complexity index is 449. The molecule has 0 aromatic carbocycles. The molecule has 2 heterocycles. The van der Waals surface area contributed by atoms with Crippen LogP contribution in [0.2, 0.25) is 0 Å². The Kier molecular flexibility index (Phi) is 1.78. The number of aromatic nitrogens is 2. The highest BCUT2D eigenvalue weighted by atomic mass is 16.1. The van der Waals surface area contributed by atoms with Crippen molar-refractivity contribution < 1.29 is 4.79 Å². The lowest BCUT2D eigenvalue weighted by Gasteiger charge is -2.58. The molecule has 1 aliphatic heterocycles. The molecule has 0 N–H and O–H groups in total. The summed E-state index contributed by atoms with van der Waals surface area (Å²) in [7, 11) is 0. The molecule has 1 aromatic heterocycles. The Hall–Kier alpha value is -1.32. The third-order valence-electron chi connectivity index (χ3n) is 4.60. The van der Waals surface area contributed by atoms with Crippen LogP contribution < -0.4 is 0 Å². The summed E-state index contributed by atoms with van der Waals surface area (Å²) in [5, 5.41) is 0. The molecule has 3 aliphatic rings. The highest BCUT2D eigenvalue weighted by Crippen LogP contribution is 2.53. The van der Waals surface area contributed by atoms with Crippen LogP contribution in [-0.4, -0.2) is 34.0 Å². The van der Waals surface area contributed by atoms with Gasteiger partial charge in [0, 0.05) is 36.7 Å². The minimum absolute atomic E-state index is 0.454. The molecule has 4 rings (SSSR count). The molecule has 4 nitrogen and oxygen atoms in total. The van der Waals surface area contributed by atoms with Crippen molar-refractivity contribution in [1.29, 1.82) is 0 Å². The summed E-state index contributed by atoms with van der Waals surface area (Å²) in [6.45, 7) is 1.94. The van der Waals surface area contributed by atoms with Gasteiger partial charge in [0.25, 0.3) is 0 Å². The lowest BCUT2D eigenvalue weighted by molar-refractivity contribution is -0.140. The van der Waals surface area contributed by atoms with E-state index in [4.69, 9.17) is 0 Å². The summed E-state index contributed by atoms with van der Waals surface area (Å²) in [5.74, 6) is 0.750. The number of nitrogens with zero attached hydrogens (tertiary/aromatic N) is 3. The van der Waals surface area contributed by atoms with Crippen LogP contribution in [0.4, 0.5) is 0 Å². The topological polar surface area (TPSA) is 38.1 Å². The van der Waals surface area contributed by atoms with Gasteiger partial charge in [-0.15, -0.1) is 0 Å². The van der Waals surface area contributed by atoms with Crippen molar-refractivity contribution in [2.45, 2.75) is 37.6 Å². The predicted molar refractivity (Wildman–Crippen MR) is 62.5 cm³/mol. The van der Waals surface area contributed by atoms with Gasteiger partial charge in [0.2, 0.25) is 6.41 Å². The fourth-order valence-electron chi connectivity index (χ4n) is 3.44. The van der Waals surface area contributed by atoms with Crippen LogP contribution in [0.5, 0.6) is 0 Å². The van der Waals surface area contributed by atoms with Crippen LogP contribution >= 0.6 is 0 Å². The van der Waals surface area contributed by atoms with E-state index >= 15 is 0 Å². The number of amides is 1. The molecular formula is C13H17N3O. The van der Waals surface area contributed by atoms with Gasteiger partial charge in [-0.25, -0.2) is 4.98 Å². The zero-order valence-electron chi connectivity index (χ0n) is 9.88. The Morgan fingerprint density at radius 2 is 2.12 bits per heavy atom. The van der Waals surface area contributed by atoms with E-state index in [1.165, 1.54) is 31.4 Å². The van der Waals surface area contributed by atoms with Gasteiger partial charge in [-0.2, -0.15) is 0 Å². The summed E-state index contributed by atoms with van der Waals surface area (Å²) in [6.07, 6.45) is 10.3. The molecule has 0 unspecified atom stereocenters. The molecule has 2 aliphatic carbocycles. The molecule has 90 valence electrons. The summed E-state index contributed by atoms with van der Waals surface area (Å²) in [5.41, 5.74) is 1.74. The van der Waals surface area contributed by atoms with E-state index in [-0.39, 0.29) is 0 Å². The zero-order valence-corrected chi connectivity index (χ0v) is 9.88. The van der Waals surface area contributed by atoms with Crippen LogP contribution in [0, 0.1) is 5.41 Å². The van der Waals surface area contributed by atoms with Gasteiger partial charge < -0.3 is 9.47 Å². The third kappa shape index (κ3) is 1.43. The van der Waals surface area contributed by atoms with Gasteiger partial charge in [0.15, 0.2) is 0 Å². The fourth-order valence-corrected chi connectivity index (χ4v) is 3.44. The van der Waals surface area contributed by atoms with Crippen LogP contribution in [0.25, 0.3) is 0 Å². The number of likely N-dealkylation sites (tertiary alicyclic amines) is 1. The molecule has 0 radical (unpaired) electrons. The van der Waals surface area contributed by atoms with Crippen molar-refractivity contribution >= 4 is 6.41 Å². The molecule has 1 saturated heterocycles. The number of hydrogen-bond donors (Lipinski definition) is 0. The Morgan fingerprint density at radius 1 is 1.35 bits per heavy atom. The number of hydrogen-bond acceptors (Lipinski definition) is 2. The first kappa shape index (κ1) is 9.68. The van der Waals surface area contributed by atoms with Gasteiger partial charge >= 0.3 is 0 Å². The molecule has 0 bridgehead atoms. The molecule has 17 heavy (non-hydrogen) atoms. The van der Waals surface area contributed by atoms with Crippen LogP contribution in [-0.2, 0) is 4.79 Å². The molecule has 4 heteroatoms. The number of carbonyl (C=O) groups excluding carboxylic acids is 1. The lowest BCUT2D eigenvalue weighted by atomic mass is 9.61. The monoisotopic (exact) mass is 231 g/mol. The number of carbonyl (C=O) groups is 1. The SMILES string of the molecule is O=CN1CC2(CC(n3cnc(C4CC4)c3)C2)C1. The Labute approximate surface area is 101 Å². The van der Waals surface area contributed by atoms with Gasteiger partial charge in [-0.1, -0.05) is 0 Å². The molecule has 1 amide bonds. The van der Waals surface area contributed by atoms with Crippen LogP contribution in [0.1, 0.15) is 43.3 Å². The normalized spacial score (nSPS) is 26.7. The lowest BCUT2D eigenvalue weighted by Crippen LogP contribution is -2.61. The summed E-state index contributed by atoms with van der Waals surface area (Å²) in [4.78, 5) is 16.9. The second kappa shape index (κ2) is 3.12. The fraction of sp³-hybridized carbons (Fsp3) is 0.692. The smallest absolute Gasteiger partial charge is 0.209 e. The van der Waals surface area contributed by atoms with E-state index in [9.17, 15) is 4.79 Å². The predicted octanol–water partition coefficient (Wildman–Crippen LogP) is 1.55. The molecule has 3 fully saturated rings. The van der Waals surface area contributed by atoms with Crippen molar-refractivity contribution in [1.82, 2.24) is 14.5 Å². The maximum absolute atomic E-state index is 10.6. The standard InChI is InChI=1S/C13H17N3O/c17-9-15-6-13(7-15)3-11(4-13)16-5-12(14-8-16)10-1-2-10/h5,8-11H,1-4,6-7H2. The number of imidazole rings is 1. The second-order valence-electron chi connectivity index (χ2n) is 6.09. The minimum Gasteiger partial charge on any atom is -0.344 e. The highest BCUT2D eigenvalue weighted by Gasteiger charge is 2.52. The molecule has 1 aromatic rings. The summed E-state index contributed by atoms with van der Waals surface area (Å²) in [6, 6.07) is 0.629. The number of rotatable bonds is 3. The van der Waals surface area contributed by atoms with Gasteiger partial charge in [0.1, 0.15) is 0 Å². The average molecular weight is 231 g/mol. The van der Waals surface area contributed by atoms with Gasteiger partial charge in [0.05, 0.1) is 12.0 Å². The van der Waals surface area contributed by atoms with Gasteiger partial charge in [-0.3, -0.25) is 4.79 Å². The van der Waals surface area contributed by atoms with E-state index in [0.29, 0.717) is 11.5 Å². The largest absolute Gasteiger partial charge is 0.344 e. The van der Waals surface area contributed by atoms with Gasteiger partial charge in [-0.05, 0) is 25.7 Å². The molecule has 1 spiro atoms. The van der Waals surface area contributed by atoms with Crippen molar-refractivity contribution in [3.63, 3.8) is 0 Å². The third-order valence-corrected chi connectivity index (χ3v) is 4.60. The highest BCUT2D eigenvalue weighted by molar-refractivity contribution is 5.49. The minimum atomic E-state index is 0.454. The second-order valence-corrected chi connectivity index (χ2v) is 6.09. The first-order chi connectivity index (χ1) is 8.28. The first-order valence-electron chi connectivity index (χ1n) is 6.51. The molecular weight excluding hydrogens is 214 g/mol. The maximum Gasteiger partial charge on any atom is 0.209 e. The van der Waals surface area contributed by atoms with E-state index in [1.54, 1.807) is 0 Å². The summed E-state index contributed by atoms with van der Waals surface area (Å²) < 4.78 is 2.29. The molecule has 0 atom stereocenters. The van der Waals surface area contributed by atoms with Crippen molar-refractivity contribution in [2.24, 2.45) is 5.41 Å². The van der Waals surface area contributed by atoms with Crippen molar-refractivity contribution in [2.75, 3.05) is 13.1 Å². The van der Waals surface area contributed by atoms with Crippen molar-refractivity contribution in [3.05, 3.63) is 18.2 Å². The van der Waals surface area contributed by atoms with Crippen LogP contribution in [0.3, 0.4) is 0 Å². The average Bonchev–Trinajstić information content (AvgIpc) is 2.95. The molecule has 2 saturated carbocycles. The zero-order chi connectivity index (χ0) is 11.5. The first-order valence-corrected chi connectivity index (χ1v) is 6.51. The maximum atomic E-state index is 10.6. The van der Waals surface area contributed by atoms with E-state index < -0.39 is 0 Å². The van der Waals surface area contributed by atoms with E-state index in [2.05, 4.69) is 15.7 Å².